The minimum atomic E-state index is -0.225. The molecule has 25 heavy (non-hydrogen) atoms. The Hall–Kier alpha value is -2.80. The van der Waals surface area contributed by atoms with Crippen molar-refractivity contribution in [2.75, 3.05) is 7.05 Å². The molecule has 1 unspecified atom stereocenters. The fraction of sp³-hybridized carbons (Fsp3) is 0.235. The number of carbonyl (C=O) groups excluding carboxylic acids is 1. The van der Waals surface area contributed by atoms with E-state index < -0.39 is 0 Å². The molecule has 0 bridgehead atoms. The Morgan fingerprint density at radius 3 is 2.84 bits per heavy atom. The maximum Gasteiger partial charge on any atom is 0.276 e. The van der Waals surface area contributed by atoms with E-state index in [0.29, 0.717) is 11.6 Å². The lowest BCUT2D eigenvalue weighted by molar-refractivity contribution is 0.0733. The molecule has 3 aromatic rings. The van der Waals surface area contributed by atoms with Crippen molar-refractivity contribution in [2.45, 2.75) is 19.5 Å². The monoisotopic (exact) mass is 356 g/mol. The van der Waals surface area contributed by atoms with E-state index in [9.17, 15) is 4.79 Å². The second-order valence-electron chi connectivity index (χ2n) is 5.62. The predicted molar refractivity (Wildman–Crippen MR) is 93.1 cm³/mol. The molecule has 0 aliphatic heterocycles. The summed E-state index contributed by atoms with van der Waals surface area (Å²) in [5, 5.41) is 8.66. The first-order valence-electron chi connectivity index (χ1n) is 7.73. The van der Waals surface area contributed by atoms with Gasteiger partial charge in [0.05, 0.1) is 24.5 Å². The van der Waals surface area contributed by atoms with Crippen LogP contribution in [0.15, 0.2) is 49.1 Å². The van der Waals surface area contributed by atoms with Crippen molar-refractivity contribution in [1.82, 2.24) is 29.9 Å². The minimum absolute atomic E-state index is 0.204. The van der Waals surface area contributed by atoms with Crippen LogP contribution in [-0.4, -0.2) is 42.8 Å². The molecule has 0 aliphatic rings. The summed E-state index contributed by atoms with van der Waals surface area (Å²) in [5.41, 5.74) is 1.94. The molecular formula is C17H17ClN6O. The molecule has 2 heterocycles. The number of nitrogens with zero attached hydrogens (tertiary/aromatic N) is 6. The summed E-state index contributed by atoms with van der Waals surface area (Å²) in [7, 11) is 1.71. The second kappa shape index (κ2) is 7.40. The van der Waals surface area contributed by atoms with E-state index in [0.717, 1.165) is 11.3 Å². The number of halogens is 1. The zero-order valence-corrected chi connectivity index (χ0v) is 14.6. The lowest BCUT2D eigenvalue weighted by atomic mass is 10.2. The zero-order valence-electron chi connectivity index (χ0n) is 13.9. The SMILES string of the molecule is CC(c1ccncn1)N(C)C(=O)c1cn(Cc2ccccc2Cl)nn1. The first-order valence-corrected chi connectivity index (χ1v) is 8.10. The van der Waals surface area contributed by atoms with Crippen LogP contribution in [0.3, 0.4) is 0 Å². The van der Waals surface area contributed by atoms with Gasteiger partial charge in [-0.15, -0.1) is 5.10 Å². The van der Waals surface area contributed by atoms with Gasteiger partial charge < -0.3 is 4.90 Å². The van der Waals surface area contributed by atoms with Crippen LogP contribution in [0.25, 0.3) is 0 Å². The lowest BCUT2D eigenvalue weighted by Crippen LogP contribution is -2.30. The maximum atomic E-state index is 12.6. The zero-order chi connectivity index (χ0) is 17.8. The Balaban J connectivity index is 1.73. The topological polar surface area (TPSA) is 76.8 Å². The van der Waals surface area contributed by atoms with Gasteiger partial charge in [-0.1, -0.05) is 35.0 Å². The van der Waals surface area contributed by atoms with Gasteiger partial charge in [0.1, 0.15) is 6.33 Å². The summed E-state index contributed by atoms with van der Waals surface area (Å²) < 4.78 is 1.59. The highest BCUT2D eigenvalue weighted by Crippen LogP contribution is 2.18. The van der Waals surface area contributed by atoms with Gasteiger partial charge in [0.15, 0.2) is 5.69 Å². The summed E-state index contributed by atoms with van der Waals surface area (Å²) >= 11 is 6.15. The summed E-state index contributed by atoms with van der Waals surface area (Å²) in [5.74, 6) is -0.225. The van der Waals surface area contributed by atoms with Crippen molar-refractivity contribution < 1.29 is 4.79 Å². The second-order valence-corrected chi connectivity index (χ2v) is 6.03. The van der Waals surface area contributed by atoms with E-state index >= 15 is 0 Å². The number of amides is 1. The van der Waals surface area contributed by atoms with E-state index in [4.69, 9.17) is 11.6 Å². The molecule has 1 atom stereocenters. The molecule has 128 valence electrons. The summed E-state index contributed by atoms with van der Waals surface area (Å²) in [6, 6.07) is 9.07. The van der Waals surface area contributed by atoms with Gasteiger partial charge >= 0.3 is 0 Å². The quantitative estimate of drug-likeness (QED) is 0.702. The van der Waals surface area contributed by atoms with Gasteiger partial charge in [-0.2, -0.15) is 0 Å². The molecule has 8 heteroatoms. The van der Waals surface area contributed by atoms with Crippen LogP contribution >= 0.6 is 11.6 Å². The molecular weight excluding hydrogens is 340 g/mol. The van der Waals surface area contributed by atoms with Crippen molar-refractivity contribution in [3.05, 3.63) is 71.0 Å². The van der Waals surface area contributed by atoms with Crippen LogP contribution < -0.4 is 0 Å². The van der Waals surface area contributed by atoms with Gasteiger partial charge in [0.2, 0.25) is 0 Å². The maximum absolute atomic E-state index is 12.6. The molecule has 1 amide bonds. The molecule has 3 rings (SSSR count). The standard InChI is InChI=1S/C17H17ClN6O/c1-12(15-7-8-19-11-20-15)23(2)17(25)16-10-24(22-21-16)9-13-5-3-4-6-14(13)18/h3-8,10-12H,9H2,1-2H3. The fourth-order valence-electron chi connectivity index (χ4n) is 2.38. The highest BCUT2D eigenvalue weighted by molar-refractivity contribution is 6.31. The number of hydrogen-bond acceptors (Lipinski definition) is 5. The first kappa shape index (κ1) is 17.0. The van der Waals surface area contributed by atoms with Gasteiger partial charge in [-0.3, -0.25) is 4.79 Å². The minimum Gasteiger partial charge on any atom is -0.332 e. The summed E-state index contributed by atoms with van der Waals surface area (Å²) in [4.78, 5) is 22.3. The predicted octanol–water partition coefficient (Wildman–Crippen LogP) is 2.60. The lowest BCUT2D eigenvalue weighted by Gasteiger charge is -2.23. The van der Waals surface area contributed by atoms with Crippen molar-refractivity contribution >= 4 is 17.5 Å². The van der Waals surface area contributed by atoms with Crippen LogP contribution in [0.2, 0.25) is 5.02 Å². The van der Waals surface area contributed by atoms with E-state index in [1.807, 2.05) is 31.2 Å². The largest absolute Gasteiger partial charge is 0.332 e. The molecule has 1 aromatic carbocycles. The number of aromatic nitrogens is 5. The third-order valence-corrected chi connectivity index (χ3v) is 4.35. The van der Waals surface area contributed by atoms with Crippen LogP contribution in [-0.2, 0) is 6.54 Å². The summed E-state index contributed by atoms with van der Waals surface area (Å²) in [6.45, 7) is 2.35. The van der Waals surface area contributed by atoms with Gasteiger partial charge in [-0.25, -0.2) is 14.6 Å². The highest BCUT2D eigenvalue weighted by Gasteiger charge is 2.22. The summed E-state index contributed by atoms with van der Waals surface area (Å²) in [6.07, 6.45) is 4.73. The Morgan fingerprint density at radius 2 is 2.12 bits per heavy atom. The van der Waals surface area contributed by atoms with Crippen molar-refractivity contribution in [3.63, 3.8) is 0 Å². The molecule has 0 saturated heterocycles. The normalized spacial score (nSPS) is 12.0. The number of hydrogen-bond donors (Lipinski definition) is 0. The molecule has 0 spiro atoms. The average Bonchev–Trinajstić information content (AvgIpc) is 3.11. The van der Waals surface area contributed by atoms with Crippen molar-refractivity contribution in [1.29, 1.82) is 0 Å². The van der Waals surface area contributed by atoms with E-state index in [1.54, 1.807) is 35.1 Å². The Kier molecular flexibility index (Phi) is 5.04. The molecule has 0 saturated carbocycles. The smallest absolute Gasteiger partial charge is 0.276 e. The van der Waals surface area contributed by atoms with Crippen LogP contribution in [0.5, 0.6) is 0 Å². The number of carbonyl (C=O) groups is 1. The van der Waals surface area contributed by atoms with Crippen molar-refractivity contribution in [3.8, 4) is 0 Å². The molecule has 0 fully saturated rings. The van der Waals surface area contributed by atoms with Crippen LogP contribution in [0.1, 0.15) is 34.7 Å². The molecule has 0 aliphatic carbocycles. The average molecular weight is 357 g/mol. The molecule has 2 aromatic heterocycles. The van der Waals surface area contributed by atoms with Gasteiger partial charge in [0.25, 0.3) is 5.91 Å². The highest BCUT2D eigenvalue weighted by atomic mass is 35.5. The van der Waals surface area contributed by atoms with E-state index in [1.165, 1.54) is 6.33 Å². The first-order chi connectivity index (χ1) is 12.1. The van der Waals surface area contributed by atoms with Crippen molar-refractivity contribution in [2.24, 2.45) is 0 Å². The third kappa shape index (κ3) is 3.83. The molecule has 0 N–H and O–H groups in total. The fourth-order valence-corrected chi connectivity index (χ4v) is 2.57. The van der Waals surface area contributed by atoms with E-state index in [2.05, 4.69) is 20.3 Å². The number of rotatable bonds is 5. The van der Waals surface area contributed by atoms with Gasteiger partial charge in [0, 0.05) is 18.3 Å². The molecule has 0 radical (unpaired) electrons. The molecule has 7 nitrogen and oxygen atoms in total. The number of benzene rings is 1. The Morgan fingerprint density at radius 1 is 1.32 bits per heavy atom. The van der Waals surface area contributed by atoms with Crippen LogP contribution in [0, 0.1) is 0 Å². The van der Waals surface area contributed by atoms with Crippen LogP contribution in [0.4, 0.5) is 0 Å². The van der Waals surface area contributed by atoms with Gasteiger partial charge in [-0.05, 0) is 24.6 Å². The third-order valence-electron chi connectivity index (χ3n) is 3.98. The Labute approximate surface area is 150 Å². The Bertz CT molecular complexity index is 866. The van der Waals surface area contributed by atoms with E-state index in [-0.39, 0.29) is 17.6 Å².